The van der Waals surface area contributed by atoms with E-state index in [1.807, 2.05) is 4.90 Å². The summed E-state index contributed by atoms with van der Waals surface area (Å²) in [7, 11) is 0. The van der Waals surface area contributed by atoms with Crippen LogP contribution in [0.4, 0.5) is 4.79 Å². The molecule has 3 amide bonds. The molecule has 2 aliphatic heterocycles. The van der Waals surface area contributed by atoms with Crippen LogP contribution in [0.1, 0.15) is 29.9 Å². The van der Waals surface area contributed by atoms with Gasteiger partial charge < -0.3 is 20.1 Å². The van der Waals surface area contributed by atoms with Crippen LogP contribution in [-0.4, -0.2) is 63.9 Å². The number of aromatic nitrogens is 2. The van der Waals surface area contributed by atoms with E-state index in [2.05, 4.69) is 15.3 Å². The van der Waals surface area contributed by atoms with Crippen LogP contribution in [0.5, 0.6) is 0 Å². The normalized spacial score (nSPS) is 18.8. The average Bonchev–Trinajstić information content (AvgIpc) is 2.97. The number of aryl methyl sites for hydroxylation is 2. The SMILES string of the molecule is Cc1nc(C)c(CC(=O)N2CCC(N3CCNC3=O)CC2)c(=O)[nH]1. The number of nitrogens with one attached hydrogen (secondary N) is 2. The largest absolute Gasteiger partial charge is 0.342 e. The van der Waals surface area contributed by atoms with Crippen molar-refractivity contribution in [3.63, 3.8) is 0 Å². The van der Waals surface area contributed by atoms with E-state index in [1.54, 1.807) is 18.7 Å². The Kier molecular flexibility index (Phi) is 4.55. The lowest BCUT2D eigenvalue weighted by molar-refractivity contribution is -0.131. The van der Waals surface area contributed by atoms with E-state index in [4.69, 9.17) is 0 Å². The van der Waals surface area contributed by atoms with Crippen molar-refractivity contribution in [3.05, 3.63) is 27.4 Å². The Labute approximate surface area is 140 Å². The van der Waals surface area contributed by atoms with Crippen molar-refractivity contribution in [1.29, 1.82) is 0 Å². The van der Waals surface area contributed by atoms with E-state index in [1.165, 1.54) is 0 Å². The van der Waals surface area contributed by atoms with Gasteiger partial charge in [0, 0.05) is 43.5 Å². The summed E-state index contributed by atoms with van der Waals surface area (Å²) in [5.74, 6) is 0.497. The van der Waals surface area contributed by atoms with Crippen molar-refractivity contribution in [1.82, 2.24) is 25.1 Å². The summed E-state index contributed by atoms with van der Waals surface area (Å²) in [5.41, 5.74) is 0.803. The van der Waals surface area contributed by atoms with Gasteiger partial charge in [-0.05, 0) is 26.7 Å². The second-order valence-corrected chi connectivity index (χ2v) is 6.43. The predicted molar refractivity (Wildman–Crippen MR) is 87.7 cm³/mol. The zero-order valence-electron chi connectivity index (χ0n) is 14.1. The molecule has 8 heteroatoms. The molecule has 0 saturated carbocycles. The zero-order chi connectivity index (χ0) is 17.3. The number of hydrogen-bond donors (Lipinski definition) is 2. The van der Waals surface area contributed by atoms with Crippen LogP contribution in [0.25, 0.3) is 0 Å². The molecule has 0 radical (unpaired) electrons. The standard InChI is InChI=1S/C16H23N5O3/c1-10-13(15(23)19-11(2)18-10)9-14(22)20-6-3-12(4-7-20)21-8-5-17-16(21)24/h12H,3-9H2,1-2H3,(H,17,24)(H,18,19,23). The molecule has 2 saturated heterocycles. The fraction of sp³-hybridized carbons (Fsp3) is 0.625. The molecule has 0 unspecified atom stereocenters. The molecule has 0 spiro atoms. The number of likely N-dealkylation sites (tertiary alicyclic amines) is 1. The van der Waals surface area contributed by atoms with Crippen LogP contribution in [0.2, 0.25) is 0 Å². The van der Waals surface area contributed by atoms with Gasteiger partial charge in [-0.15, -0.1) is 0 Å². The fourth-order valence-corrected chi connectivity index (χ4v) is 3.48. The van der Waals surface area contributed by atoms with Crippen molar-refractivity contribution in [2.75, 3.05) is 26.2 Å². The van der Waals surface area contributed by atoms with Crippen molar-refractivity contribution in [2.24, 2.45) is 0 Å². The minimum Gasteiger partial charge on any atom is -0.342 e. The van der Waals surface area contributed by atoms with Crippen LogP contribution in [0.15, 0.2) is 4.79 Å². The predicted octanol–water partition coefficient (Wildman–Crippen LogP) is -0.0546. The van der Waals surface area contributed by atoms with Crippen molar-refractivity contribution >= 4 is 11.9 Å². The molecular weight excluding hydrogens is 310 g/mol. The number of piperidine rings is 1. The maximum atomic E-state index is 12.5. The number of carbonyl (C=O) groups excluding carboxylic acids is 2. The Balaban J connectivity index is 1.60. The van der Waals surface area contributed by atoms with Crippen LogP contribution in [0, 0.1) is 13.8 Å². The van der Waals surface area contributed by atoms with Gasteiger partial charge >= 0.3 is 6.03 Å². The molecule has 1 aromatic heterocycles. The van der Waals surface area contributed by atoms with E-state index in [9.17, 15) is 14.4 Å². The fourth-order valence-electron chi connectivity index (χ4n) is 3.48. The van der Waals surface area contributed by atoms with Crippen molar-refractivity contribution in [2.45, 2.75) is 39.2 Å². The van der Waals surface area contributed by atoms with E-state index in [0.717, 1.165) is 19.4 Å². The van der Waals surface area contributed by atoms with Gasteiger partial charge in [0.05, 0.1) is 6.42 Å². The topological polar surface area (TPSA) is 98.4 Å². The Morgan fingerprint density at radius 3 is 2.50 bits per heavy atom. The number of amides is 3. The molecule has 0 aromatic carbocycles. The highest BCUT2D eigenvalue weighted by atomic mass is 16.2. The Hall–Kier alpha value is -2.38. The monoisotopic (exact) mass is 333 g/mol. The highest BCUT2D eigenvalue weighted by molar-refractivity contribution is 5.79. The first-order valence-corrected chi connectivity index (χ1v) is 8.34. The molecule has 3 heterocycles. The minimum absolute atomic E-state index is 0.00679. The number of H-pyrrole nitrogens is 1. The van der Waals surface area contributed by atoms with Gasteiger partial charge in [-0.1, -0.05) is 0 Å². The lowest BCUT2D eigenvalue weighted by Gasteiger charge is -2.36. The molecule has 1 aromatic rings. The van der Waals surface area contributed by atoms with Crippen molar-refractivity contribution in [3.8, 4) is 0 Å². The number of rotatable bonds is 3. The van der Waals surface area contributed by atoms with Gasteiger partial charge in [0.2, 0.25) is 5.91 Å². The molecule has 3 rings (SSSR count). The van der Waals surface area contributed by atoms with Gasteiger partial charge in [0.1, 0.15) is 5.82 Å². The summed E-state index contributed by atoms with van der Waals surface area (Å²) in [6.45, 7) is 6.14. The first-order chi connectivity index (χ1) is 11.5. The summed E-state index contributed by atoms with van der Waals surface area (Å²) in [6.07, 6.45) is 1.63. The van der Waals surface area contributed by atoms with Crippen molar-refractivity contribution < 1.29 is 9.59 Å². The van der Waals surface area contributed by atoms with E-state index >= 15 is 0 Å². The highest BCUT2D eigenvalue weighted by Crippen LogP contribution is 2.19. The number of nitrogens with zero attached hydrogens (tertiary/aromatic N) is 3. The number of urea groups is 1. The first-order valence-electron chi connectivity index (χ1n) is 8.34. The van der Waals surface area contributed by atoms with Crippen LogP contribution in [-0.2, 0) is 11.2 Å². The minimum atomic E-state index is -0.239. The molecule has 0 atom stereocenters. The van der Waals surface area contributed by atoms with E-state index < -0.39 is 0 Å². The lowest BCUT2D eigenvalue weighted by Crippen LogP contribution is -2.48. The third-order valence-electron chi connectivity index (χ3n) is 4.82. The van der Waals surface area contributed by atoms with Gasteiger partial charge in [-0.25, -0.2) is 9.78 Å². The molecule has 2 N–H and O–H groups in total. The van der Waals surface area contributed by atoms with Crippen LogP contribution >= 0.6 is 0 Å². The summed E-state index contributed by atoms with van der Waals surface area (Å²) >= 11 is 0. The Bertz CT molecular complexity index is 706. The third kappa shape index (κ3) is 3.27. The summed E-state index contributed by atoms with van der Waals surface area (Å²) in [6, 6.07) is 0.190. The number of hydrogen-bond acceptors (Lipinski definition) is 4. The molecule has 24 heavy (non-hydrogen) atoms. The average molecular weight is 333 g/mol. The lowest BCUT2D eigenvalue weighted by atomic mass is 10.0. The maximum absolute atomic E-state index is 12.5. The van der Waals surface area contributed by atoms with E-state index in [-0.39, 0.29) is 30.0 Å². The molecule has 2 aliphatic rings. The molecular formula is C16H23N5O3. The van der Waals surface area contributed by atoms with E-state index in [0.29, 0.717) is 36.7 Å². The Morgan fingerprint density at radius 1 is 1.21 bits per heavy atom. The second-order valence-electron chi connectivity index (χ2n) is 6.43. The zero-order valence-corrected chi connectivity index (χ0v) is 14.1. The number of aromatic amines is 1. The van der Waals surface area contributed by atoms with Gasteiger partial charge in [0.25, 0.3) is 5.56 Å². The highest BCUT2D eigenvalue weighted by Gasteiger charge is 2.32. The van der Waals surface area contributed by atoms with Gasteiger partial charge in [-0.2, -0.15) is 0 Å². The molecule has 8 nitrogen and oxygen atoms in total. The molecule has 0 aliphatic carbocycles. The molecule has 2 fully saturated rings. The summed E-state index contributed by atoms with van der Waals surface area (Å²) < 4.78 is 0. The van der Waals surface area contributed by atoms with Gasteiger partial charge in [-0.3, -0.25) is 9.59 Å². The second kappa shape index (κ2) is 6.62. The summed E-state index contributed by atoms with van der Waals surface area (Å²) in [4.78, 5) is 46.8. The molecule has 0 bridgehead atoms. The smallest absolute Gasteiger partial charge is 0.317 e. The summed E-state index contributed by atoms with van der Waals surface area (Å²) in [5, 5.41) is 2.81. The third-order valence-corrected chi connectivity index (χ3v) is 4.82. The van der Waals surface area contributed by atoms with Gasteiger partial charge in [0.15, 0.2) is 0 Å². The van der Waals surface area contributed by atoms with Crippen LogP contribution in [0.3, 0.4) is 0 Å². The van der Waals surface area contributed by atoms with Crippen LogP contribution < -0.4 is 10.9 Å². The molecule has 130 valence electrons. The quantitative estimate of drug-likeness (QED) is 0.810. The number of carbonyl (C=O) groups is 2. The Morgan fingerprint density at radius 2 is 1.92 bits per heavy atom. The first kappa shape index (κ1) is 16.5. The maximum Gasteiger partial charge on any atom is 0.317 e.